The molecule has 0 N–H and O–H groups in total. The van der Waals surface area contributed by atoms with Crippen LogP contribution in [0.15, 0.2) is 122 Å². The summed E-state index contributed by atoms with van der Waals surface area (Å²) in [4.78, 5) is 38.3. The molecule has 1 atom stereocenters. The van der Waals surface area contributed by atoms with E-state index in [9.17, 15) is 14.4 Å². The molecule has 1 unspecified atom stereocenters. The number of carbonyl (C=O) groups excluding carboxylic acids is 3. The van der Waals surface area contributed by atoms with E-state index in [2.05, 4.69) is 142 Å². The second kappa shape index (κ2) is 66.3. The molecule has 0 aliphatic heterocycles. The average Bonchev–Trinajstić information content (AvgIpc) is 3.45. The van der Waals surface area contributed by atoms with Crippen LogP contribution >= 0.6 is 0 Å². The van der Waals surface area contributed by atoms with Crippen LogP contribution in [0.4, 0.5) is 0 Å². The SMILES string of the molecule is CC/C=C\C/C=C\C/C=C\C/C=C\CCCCCCCCCCCCCCCCCCCCC(=O)OCC(COC(=O)CCCCCCC/C=C\C/C=C\CCCCC)OC(=O)CCCC/C=C\C/C=C\C/C=C\C/C=C\CC. The molecule has 0 aromatic carbocycles. The third-order valence-corrected chi connectivity index (χ3v) is 13.9. The van der Waals surface area contributed by atoms with E-state index in [1.165, 1.54) is 128 Å². The first-order valence-electron chi connectivity index (χ1n) is 33.0. The van der Waals surface area contributed by atoms with Crippen LogP contribution < -0.4 is 0 Å². The summed E-state index contributed by atoms with van der Waals surface area (Å²) in [7, 11) is 0. The highest BCUT2D eigenvalue weighted by Crippen LogP contribution is 2.16. The first-order valence-corrected chi connectivity index (χ1v) is 33.0. The van der Waals surface area contributed by atoms with Crippen molar-refractivity contribution in [3.63, 3.8) is 0 Å². The second-order valence-corrected chi connectivity index (χ2v) is 21.6. The average molecular weight is 1100 g/mol. The van der Waals surface area contributed by atoms with Crippen LogP contribution in [-0.4, -0.2) is 37.2 Å². The van der Waals surface area contributed by atoms with E-state index >= 15 is 0 Å². The predicted octanol–water partition coefficient (Wildman–Crippen LogP) is 22.8. The Morgan fingerprint density at radius 2 is 0.494 bits per heavy atom. The molecule has 0 aromatic heterocycles. The summed E-state index contributed by atoms with van der Waals surface area (Å²) in [6.45, 7) is 6.36. The van der Waals surface area contributed by atoms with Crippen molar-refractivity contribution in [1.82, 2.24) is 0 Å². The van der Waals surface area contributed by atoms with Gasteiger partial charge in [-0.25, -0.2) is 0 Å². The molecule has 0 heterocycles. The minimum absolute atomic E-state index is 0.0991. The van der Waals surface area contributed by atoms with Crippen molar-refractivity contribution in [2.45, 2.75) is 309 Å². The van der Waals surface area contributed by atoms with Gasteiger partial charge in [-0.05, 0) is 128 Å². The molecule has 450 valence electrons. The fraction of sp³-hybridized carbons (Fsp3) is 0.685. The molecule has 0 aromatic rings. The van der Waals surface area contributed by atoms with Crippen LogP contribution in [0.3, 0.4) is 0 Å². The summed E-state index contributed by atoms with van der Waals surface area (Å²) in [6, 6.07) is 0. The van der Waals surface area contributed by atoms with Crippen molar-refractivity contribution in [3.05, 3.63) is 122 Å². The lowest BCUT2D eigenvalue weighted by Gasteiger charge is -2.18. The van der Waals surface area contributed by atoms with Crippen molar-refractivity contribution < 1.29 is 28.6 Å². The number of ether oxygens (including phenoxy) is 3. The molecular weight excluding hydrogens is 973 g/mol. The summed E-state index contributed by atoms with van der Waals surface area (Å²) in [5.41, 5.74) is 0. The summed E-state index contributed by atoms with van der Waals surface area (Å²) in [5.74, 6) is -0.949. The predicted molar refractivity (Wildman–Crippen MR) is 343 cm³/mol. The van der Waals surface area contributed by atoms with E-state index in [4.69, 9.17) is 14.2 Å². The molecule has 0 aliphatic carbocycles. The fourth-order valence-electron chi connectivity index (χ4n) is 9.04. The Bertz CT molecular complexity index is 1640. The van der Waals surface area contributed by atoms with Crippen molar-refractivity contribution in [2.75, 3.05) is 13.2 Å². The van der Waals surface area contributed by atoms with E-state index < -0.39 is 6.10 Å². The standard InChI is InChI=1S/C73H122O6/c1-4-7-10-13-16-19-22-25-28-29-30-31-32-33-34-35-36-37-38-39-40-41-42-43-46-48-51-54-57-60-63-66-72(75)78-69-70(79-73(76)67-64-61-58-55-52-49-45-27-24-21-18-15-12-9-6-3)68-77-71(74)65-62-59-56-53-50-47-44-26-23-20-17-14-11-8-5-2/h7,9-10,12,16-21,25-28,30-31,44-45,52,55,70H,4-6,8,11,13-15,22-24,29,32-43,46-51,53-54,56-69H2,1-3H3/b10-7-,12-9-,19-16-,20-17-,21-18-,28-25-,31-30-,44-26-,45-27-,55-52-. The van der Waals surface area contributed by atoms with E-state index in [1.54, 1.807) is 0 Å². The molecule has 0 spiro atoms. The Hall–Kier alpha value is -4.19. The summed E-state index contributed by atoms with van der Waals surface area (Å²) < 4.78 is 16.9. The van der Waals surface area contributed by atoms with Crippen molar-refractivity contribution >= 4 is 17.9 Å². The van der Waals surface area contributed by atoms with Gasteiger partial charge in [0, 0.05) is 19.3 Å². The summed E-state index contributed by atoms with van der Waals surface area (Å²) in [5, 5.41) is 0. The number of hydrogen-bond donors (Lipinski definition) is 0. The molecular formula is C73H122O6. The van der Waals surface area contributed by atoms with Crippen LogP contribution in [0.1, 0.15) is 303 Å². The highest BCUT2D eigenvalue weighted by atomic mass is 16.6. The zero-order valence-corrected chi connectivity index (χ0v) is 51.6. The third kappa shape index (κ3) is 64.5. The molecule has 0 radical (unpaired) electrons. The van der Waals surface area contributed by atoms with Crippen LogP contribution in [0.2, 0.25) is 0 Å². The first kappa shape index (κ1) is 74.8. The summed E-state index contributed by atoms with van der Waals surface area (Å²) in [6.07, 6.45) is 92.3. The minimum Gasteiger partial charge on any atom is -0.462 e. The Morgan fingerprint density at radius 1 is 0.266 bits per heavy atom. The van der Waals surface area contributed by atoms with Gasteiger partial charge in [0.05, 0.1) is 0 Å². The maximum absolute atomic E-state index is 12.9. The maximum atomic E-state index is 12.9. The van der Waals surface area contributed by atoms with E-state index in [-0.39, 0.29) is 37.5 Å². The molecule has 6 heteroatoms. The zero-order valence-electron chi connectivity index (χ0n) is 51.6. The van der Waals surface area contributed by atoms with Crippen LogP contribution in [0, 0.1) is 0 Å². The van der Waals surface area contributed by atoms with Crippen LogP contribution in [0.25, 0.3) is 0 Å². The Labute approximate surface area is 488 Å². The Balaban J connectivity index is 4.25. The van der Waals surface area contributed by atoms with E-state index in [1.807, 2.05) is 0 Å². The number of hydrogen-bond acceptors (Lipinski definition) is 6. The van der Waals surface area contributed by atoms with Gasteiger partial charge in [-0.1, -0.05) is 277 Å². The largest absolute Gasteiger partial charge is 0.462 e. The smallest absolute Gasteiger partial charge is 0.306 e. The number of allylic oxidation sites excluding steroid dienone is 20. The molecule has 79 heavy (non-hydrogen) atoms. The van der Waals surface area contributed by atoms with E-state index in [0.717, 1.165) is 128 Å². The maximum Gasteiger partial charge on any atom is 0.306 e. The topological polar surface area (TPSA) is 78.9 Å². The van der Waals surface area contributed by atoms with Crippen molar-refractivity contribution in [3.8, 4) is 0 Å². The van der Waals surface area contributed by atoms with Gasteiger partial charge in [0.25, 0.3) is 0 Å². The minimum atomic E-state index is -0.808. The van der Waals surface area contributed by atoms with Gasteiger partial charge in [-0.15, -0.1) is 0 Å². The first-order chi connectivity index (χ1) is 39.0. The van der Waals surface area contributed by atoms with Gasteiger partial charge in [0.15, 0.2) is 6.10 Å². The summed E-state index contributed by atoms with van der Waals surface area (Å²) >= 11 is 0. The number of rotatable bonds is 59. The molecule has 0 fully saturated rings. The lowest BCUT2D eigenvalue weighted by Crippen LogP contribution is -2.30. The molecule has 6 nitrogen and oxygen atoms in total. The lowest BCUT2D eigenvalue weighted by atomic mass is 10.0. The zero-order chi connectivity index (χ0) is 57.1. The molecule has 0 saturated heterocycles. The quantitative estimate of drug-likeness (QED) is 0.0261. The Morgan fingerprint density at radius 3 is 0.797 bits per heavy atom. The van der Waals surface area contributed by atoms with Crippen molar-refractivity contribution in [2.24, 2.45) is 0 Å². The third-order valence-electron chi connectivity index (χ3n) is 13.9. The monoisotopic (exact) mass is 1090 g/mol. The van der Waals surface area contributed by atoms with Gasteiger partial charge in [-0.2, -0.15) is 0 Å². The molecule has 0 aliphatic rings. The van der Waals surface area contributed by atoms with Crippen molar-refractivity contribution in [1.29, 1.82) is 0 Å². The second-order valence-electron chi connectivity index (χ2n) is 21.6. The number of carbonyl (C=O) groups is 3. The highest BCUT2D eigenvalue weighted by Gasteiger charge is 2.19. The number of esters is 3. The fourth-order valence-corrected chi connectivity index (χ4v) is 9.04. The van der Waals surface area contributed by atoms with Gasteiger partial charge in [0.2, 0.25) is 0 Å². The van der Waals surface area contributed by atoms with Gasteiger partial charge in [-0.3, -0.25) is 14.4 Å². The van der Waals surface area contributed by atoms with Gasteiger partial charge < -0.3 is 14.2 Å². The highest BCUT2D eigenvalue weighted by molar-refractivity contribution is 5.71. The normalized spacial score (nSPS) is 12.9. The van der Waals surface area contributed by atoms with Crippen LogP contribution in [-0.2, 0) is 28.6 Å². The lowest BCUT2D eigenvalue weighted by molar-refractivity contribution is -0.167. The number of unbranched alkanes of at least 4 members (excludes halogenated alkanes) is 28. The molecule has 0 rings (SSSR count). The Kier molecular flexibility index (Phi) is 62.8. The van der Waals surface area contributed by atoms with Gasteiger partial charge >= 0.3 is 17.9 Å². The molecule has 0 amide bonds. The molecule has 0 bridgehead atoms. The van der Waals surface area contributed by atoms with Gasteiger partial charge in [0.1, 0.15) is 13.2 Å². The van der Waals surface area contributed by atoms with E-state index in [0.29, 0.717) is 19.3 Å². The van der Waals surface area contributed by atoms with Crippen LogP contribution in [0.5, 0.6) is 0 Å². The molecule has 0 saturated carbocycles.